The van der Waals surface area contributed by atoms with Crippen molar-refractivity contribution in [3.8, 4) is 0 Å². The first kappa shape index (κ1) is 22.6. The molecule has 31 heavy (non-hydrogen) atoms. The normalized spacial score (nSPS) is 11.6. The Bertz CT molecular complexity index is 1030. The van der Waals surface area contributed by atoms with Gasteiger partial charge >= 0.3 is 0 Å². The second-order valence-electron chi connectivity index (χ2n) is 7.54. The highest BCUT2D eigenvalue weighted by atomic mass is 32.2. The summed E-state index contributed by atoms with van der Waals surface area (Å²) in [6, 6.07) is 23.5. The number of hydrogen-bond donors (Lipinski definition) is 2. The minimum absolute atomic E-state index is 0.0120. The smallest absolute Gasteiger partial charge is 0.242 e. The van der Waals surface area contributed by atoms with Gasteiger partial charge in [0.25, 0.3) is 0 Å². The first-order chi connectivity index (χ1) is 15.0. The third kappa shape index (κ3) is 6.46. The van der Waals surface area contributed by atoms with Crippen LogP contribution in [0.1, 0.15) is 41.7 Å². The molecule has 0 aliphatic heterocycles. The van der Waals surface area contributed by atoms with Crippen LogP contribution in [-0.2, 0) is 9.59 Å². The van der Waals surface area contributed by atoms with E-state index in [1.54, 1.807) is 0 Å². The van der Waals surface area contributed by atoms with Gasteiger partial charge in [0.15, 0.2) is 0 Å². The monoisotopic (exact) mass is 432 g/mol. The number of rotatable bonds is 8. The zero-order valence-corrected chi connectivity index (χ0v) is 19.0. The third-order valence-electron chi connectivity index (χ3n) is 4.86. The number of aryl methyl sites for hydroxylation is 2. The molecule has 0 aliphatic rings. The highest BCUT2D eigenvalue weighted by Gasteiger charge is 2.22. The lowest BCUT2D eigenvalue weighted by molar-refractivity contribution is -0.116. The van der Waals surface area contributed by atoms with Crippen molar-refractivity contribution in [2.24, 2.45) is 0 Å². The molecule has 0 radical (unpaired) electrons. The molecule has 0 spiro atoms. The van der Waals surface area contributed by atoms with Gasteiger partial charge in [0.05, 0.1) is 0 Å². The van der Waals surface area contributed by atoms with Crippen LogP contribution in [0.5, 0.6) is 0 Å². The van der Waals surface area contributed by atoms with Gasteiger partial charge in [0.1, 0.15) is 5.25 Å². The quantitative estimate of drug-likeness (QED) is 0.399. The van der Waals surface area contributed by atoms with Gasteiger partial charge in [-0.05, 0) is 67.3 Å². The predicted molar refractivity (Wildman–Crippen MR) is 130 cm³/mol. The summed E-state index contributed by atoms with van der Waals surface area (Å²) in [6.07, 6.45) is 1.32. The highest BCUT2D eigenvalue weighted by molar-refractivity contribution is 8.00. The molecular formula is C26H28N2O2S. The molecule has 3 aromatic carbocycles. The molecule has 2 N–H and O–H groups in total. The molecule has 0 saturated heterocycles. The molecular weight excluding hydrogens is 404 g/mol. The fourth-order valence-corrected chi connectivity index (χ4v) is 4.20. The molecule has 0 fully saturated rings. The van der Waals surface area contributed by atoms with E-state index < -0.39 is 5.25 Å². The van der Waals surface area contributed by atoms with Crippen molar-refractivity contribution < 1.29 is 9.59 Å². The van der Waals surface area contributed by atoms with Crippen molar-refractivity contribution in [3.05, 3.63) is 89.5 Å². The van der Waals surface area contributed by atoms with E-state index >= 15 is 0 Å². The molecule has 1 atom stereocenters. The van der Waals surface area contributed by atoms with E-state index in [1.165, 1.54) is 11.8 Å². The maximum absolute atomic E-state index is 13.3. The number of thioether (sulfide) groups is 1. The van der Waals surface area contributed by atoms with Crippen LogP contribution in [-0.4, -0.2) is 11.8 Å². The molecule has 0 saturated carbocycles. The third-order valence-corrected chi connectivity index (χ3v) is 6.13. The van der Waals surface area contributed by atoms with E-state index in [0.29, 0.717) is 6.42 Å². The molecule has 0 aromatic heterocycles. The van der Waals surface area contributed by atoms with Gasteiger partial charge in [-0.2, -0.15) is 0 Å². The van der Waals surface area contributed by atoms with Gasteiger partial charge in [-0.1, -0.05) is 49.4 Å². The highest BCUT2D eigenvalue weighted by Crippen LogP contribution is 2.37. The van der Waals surface area contributed by atoms with Crippen molar-refractivity contribution >= 4 is 35.0 Å². The zero-order valence-electron chi connectivity index (χ0n) is 18.1. The van der Waals surface area contributed by atoms with Crippen molar-refractivity contribution in [1.82, 2.24) is 0 Å². The molecule has 0 bridgehead atoms. The molecule has 160 valence electrons. The second-order valence-corrected chi connectivity index (χ2v) is 8.72. The summed E-state index contributed by atoms with van der Waals surface area (Å²) in [7, 11) is 0. The topological polar surface area (TPSA) is 58.2 Å². The molecule has 1 unspecified atom stereocenters. The number of nitrogens with one attached hydrogen (secondary N) is 2. The first-order valence-corrected chi connectivity index (χ1v) is 11.3. The Hall–Kier alpha value is -3.05. The SMILES string of the molecule is CCCC(=O)Nc1ccc(SC(C(=O)Nc2cc(C)ccc2C)c2ccccc2)cc1. The first-order valence-electron chi connectivity index (χ1n) is 10.5. The van der Waals surface area contributed by atoms with Crippen LogP contribution in [0.3, 0.4) is 0 Å². The van der Waals surface area contributed by atoms with E-state index in [2.05, 4.69) is 10.6 Å². The fraction of sp³-hybridized carbons (Fsp3) is 0.231. The van der Waals surface area contributed by atoms with E-state index in [9.17, 15) is 9.59 Å². The van der Waals surface area contributed by atoms with Crippen molar-refractivity contribution in [2.75, 3.05) is 10.6 Å². The number of hydrogen-bond acceptors (Lipinski definition) is 3. The van der Waals surface area contributed by atoms with E-state index in [1.807, 2.05) is 93.6 Å². The van der Waals surface area contributed by atoms with Crippen LogP contribution in [0.2, 0.25) is 0 Å². The Labute approximate surface area is 188 Å². The van der Waals surface area contributed by atoms with E-state index in [0.717, 1.165) is 39.4 Å². The van der Waals surface area contributed by atoms with Gasteiger partial charge in [0, 0.05) is 22.7 Å². The molecule has 4 nitrogen and oxygen atoms in total. The molecule has 0 aliphatic carbocycles. The number of anilines is 2. The molecule has 2 amide bonds. The second kappa shape index (κ2) is 10.8. The minimum Gasteiger partial charge on any atom is -0.326 e. The number of amides is 2. The summed E-state index contributed by atoms with van der Waals surface area (Å²) in [5, 5.41) is 5.60. The largest absolute Gasteiger partial charge is 0.326 e. The van der Waals surface area contributed by atoms with Crippen molar-refractivity contribution in [3.63, 3.8) is 0 Å². The lowest BCUT2D eigenvalue weighted by Crippen LogP contribution is -2.19. The fourth-order valence-electron chi connectivity index (χ4n) is 3.17. The maximum atomic E-state index is 13.3. The number of carbonyl (C=O) groups is 2. The van der Waals surface area contributed by atoms with Crippen LogP contribution in [0.15, 0.2) is 77.7 Å². The van der Waals surface area contributed by atoms with Gasteiger partial charge in [-0.15, -0.1) is 11.8 Å². The van der Waals surface area contributed by atoms with Crippen molar-refractivity contribution in [2.45, 2.75) is 43.8 Å². The lowest BCUT2D eigenvalue weighted by Gasteiger charge is -2.18. The summed E-state index contributed by atoms with van der Waals surface area (Å²) in [5.41, 5.74) is 4.67. The predicted octanol–water partition coefficient (Wildman–Crippen LogP) is 6.51. The molecule has 5 heteroatoms. The summed E-state index contributed by atoms with van der Waals surface area (Å²) in [6.45, 7) is 5.98. The average Bonchev–Trinajstić information content (AvgIpc) is 2.76. The summed E-state index contributed by atoms with van der Waals surface area (Å²) in [4.78, 5) is 26.0. The van der Waals surface area contributed by atoms with Gasteiger partial charge < -0.3 is 10.6 Å². The van der Waals surface area contributed by atoms with Gasteiger partial charge in [-0.3, -0.25) is 9.59 Å². The Morgan fingerprint density at radius 1 is 0.903 bits per heavy atom. The average molecular weight is 433 g/mol. The summed E-state index contributed by atoms with van der Waals surface area (Å²) >= 11 is 1.49. The summed E-state index contributed by atoms with van der Waals surface area (Å²) in [5.74, 6) is -0.0526. The maximum Gasteiger partial charge on any atom is 0.242 e. The lowest BCUT2D eigenvalue weighted by atomic mass is 10.1. The summed E-state index contributed by atoms with van der Waals surface area (Å²) < 4.78 is 0. The Morgan fingerprint density at radius 2 is 1.61 bits per heavy atom. The van der Waals surface area contributed by atoms with E-state index in [-0.39, 0.29) is 11.8 Å². The standard InChI is InChI=1S/C26H28N2O2S/c1-4-8-24(29)27-21-13-15-22(16-14-21)31-25(20-9-6-5-7-10-20)26(30)28-23-17-18(2)11-12-19(23)3/h5-7,9-17,25H,4,8H2,1-3H3,(H,27,29)(H,28,30). The molecule has 0 heterocycles. The minimum atomic E-state index is -0.401. The van der Waals surface area contributed by atoms with Crippen molar-refractivity contribution in [1.29, 1.82) is 0 Å². The Balaban J connectivity index is 1.79. The van der Waals surface area contributed by atoms with Crippen LogP contribution >= 0.6 is 11.8 Å². The van der Waals surface area contributed by atoms with Crippen LogP contribution < -0.4 is 10.6 Å². The van der Waals surface area contributed by atoms with Gasteiger partial charge in [0.2, 0.25) is 11.8 Å². The molecule has 3 aromatic rings. The van der Waals surface area contributed by atoms with Crippen LogP contribution in [0.4, 0.5) is 11.4 Å². The number of carbonyl (C=O) groups excluding carboxylic acids is 2. The molecule has 3 rings (SSSR count). The Morgan fingerprint density at radius 3 is 2.29 bits per heavy atom. The van der Waals surface area contributed by atoms with E-state index in [4.69, 9.17) is 0 Å². The van der Waals surface area contributed by atoms with Crippen LogP contribution in [0, 0.1) is 13.8 Å². The number of benzene rings is 3. The van der Waals surface area contributed by atoms with Gasteiger partial charge in [-0.25, -0.2) is 0 Å². The van der Waals surface area contributed by atoms with Crippen LogP contribution in [0.25, 0.3) is 0 Å². The zero-order chi connectivity index (χ0) is 22.2. The Kier molecular flexibility index (Phi) is 7.90.